The molecule has 3 aromatic rings. The molecule has 28 heavy (non-hydrogen) atoms. The lowest BCUT2D eigenvalue weighted by Gasteiger charge is -2.26. The highest BCUT2D eigenvalue weighted by Crippen LogP contribution is 2.32. The number of amides is 1. The second-order valence-corrected chi connectivity index (χ2v) is 8.65. The lowest BCUT2D eigenvalue weighted by molar-refractivity contribution is -0.906. The highest BCUT2D eigenvalue weighted by Gasteiger charge is 2.24. The van der Waals surface area contributed by atoms with Crippen molar-refractivity contribution >= 4 is 44.4 Å². The molecule has 7 heteroatoms. The molecule has 1 aromatic heterocycles. The standard InChI is InChI=1S/C21H23N3O2S2/c1-27-17-7-8-18-19(15-17)28-21(22-18)24(10-9-23-11-13-26-14-12-23)20(25)16-5-3-2-4-6-16/h2-8,15H,9-14H2,1H3/p+1. The van der Waals surface area contributed by atoms with Crippen molar-refractivity contribution in [3.63, 3.8) is 0 Å². The maximum Gasteiger partial charge on any atom is 0.260 e. The van der Waals surface area contributed by atoms with Gasteiger partial charge in [0.1, 0.15) is 13.1 Å². The number of nitrogens with one attached hydrogen (secondary N) is 1. The maximum atomic E-state index is 13.3. The van der Waals surface area contributed by atoms with Crippen LogP contribution in [0.4, 0.5) is 5.13 Å². The van der Waals surface area contributed by atoms with Crippen LogP contribution in [0.15, 0.2) is 53.4 Å². The molecule has 1 fully saturated rings. The summed E-state index contributed by atoms with van der Waals surface area (Å²) in [5.74, 6) is 0.0115. The molecule has 4 rings (SSSR count). The first-order valence-corrected chi connectivity index (χ1v) is 11.5. The van der Waals surface area contributed by atoms with Gasteiger partial charge in [0.15, 0.2) is 5.13 Å². The molecule has 0 atom stereocenters. The third-order valence-electron chi connectivity index (χ3n) is 4.97. The SMILES string of the molecule is CSc1ccc2nc(N(CC[NH+]3CCOCC3)C(=O)c3ccccc3)sc2c1. The summed E-state index contributed by atoms with van der Waals surface area (Å²) in [5.41, 5.74) is 1.64. The number of nitrogens with zero attached hydrogens (tertiary/aromatic N) is 2. The molecular formula is C21H24N3O2S2+. The summed E-state index contributed by atoms with van der Waals surface area (Å²) >= 11 is 3.31. The van der Waals surface area contributed by atoms with Crippen LogP contribution >= 0.6 is 23.1 Å². The number of morpholine rings is 1. The van der Waals surface area contributed by atoms with Gasteiger partial charge >= 0.3 is 0 Å². The zero-order chi connectivity index (χ0) is 19.3. The van der Waals surface area contributed by atoms with Crippen molar-refractivity contribution in [3.05, 3.63) is 54.1 Å². The molecule has 146 valence electrons. The van der Waals surface area contributed by atoms with Crippen molar-refractivity contribution in [3.8, 4) is 0 Å². The van der Waals surface area contributed by atoms with E-state index in [0.717, 1.165) is 48.2 Å². The fourth-order valence-electron chi connectivity index (χ4n) is 3.34. The Hall–Kier alpha value is -1.93. The van der Waals surface area contributed by atoms with E-state index in [9.17, 15) is 4.79 Å². The quantitative estimate of drug-likeness (QED) is 0.630. The Morgan fingerprint density at radius 3 is 2.75 bits per heavy atom. The number of rotatable bonds is 6. The van der Waals surface area contributed by atoms with Gasteiger partial charge in [-0.2, -0.15) is 0 Å². The third-order valence-corrected chi connectivity index (χ3v) is 6.74. The lowest BCUT2D eigenvalue weighted by Crippen LogP contribution is -3.14. The van der Waals surface area contributed by atoms with Gasteiger partial charge in [0, 0.05) is 10.5 Å². The van der Waals surface area contributed by atoms with Crippen LogP contribution in [0.1, 0.15) is 10.4 Å². The fraction of sp³-hybridized carbons (Fsp3) is 0.333. The second kappa shape index (κ2) is 9.05. The summed E-state index contributed by atoms with van der Waals surface area (Å²) in [6.07, 6.45) is 2.07. The van der Waals surface area contributed by atoms with Gasteiger partial charge in [-0.15, -0.1) is 11.8 Å². The molecule has 0 saturated carbocycles. The van der Waals surface area contributed by atoms with Crippen molar-refractivity contribution in [2.45, 2.75) is 4.90 Å². The van der Waals surface area contributed by atoms with E-state index in [4.69, 9.17) is 9.72 Å². The molecular weight excluding hydrogens is 390 g/mol. The number of hydrogen-bond donors (Lipinski definition) is 1. The summed E-state index contributed by atoms with van der Waals surface area (Å²) < 4.78 is 6.57. The molecule has 1 aliphatic heterocycles. The smallest absolute Gasteiger partial charge is 0.260 e. The molecule has 0 bridgehead atoms. The summed E-state index contributed by atoms with van der Waals surface area (Å²) in [5, 5.41) is 0.773. The molecule has 0 aliphatic carbocycles. The van der Waals surface area contributed by atoms with Gasteiger partial charge in [-0.3, -0.25) is 9.69 Å². The van der Waals surface area contributed by atoms with Crippen molar-refractivity contribution < 1.29 is 14.4 Å². The summed E-state index contributed by atoms with van der Waals surface area (Å²) in [6, 6.07) is 15.8. The van der Waals surface area contributed by atoms with E-state index < -0.39 is 0 Å². The largest absolute Gasteiger partial charge is 0.370 e. The Labute approximate surface area is 173 Å². The monoisotopic (exact) mass is 414 g/mol. The highest BCUT2D eigenvalue weighted by molar-refractivity contribution is 7.98. The van der Waals surface area contributed by atoms with Gasteiger partial charge in [-0.05, 0) is 36.6 Å². The van der Waals surface area contributed by atoms with E-state index in [-0.39, 0.29) is 5.91 Å². The van der Waals surface area contributed by atoms with E-state index in [1.54, 1.807) is 23.1 Å². The number of aromatic nitrogens is 1. The fourth-order valence-corrected chi connectivity index (χ4v) is 4.88. The van der Waals surface area contributed by atoms with Crippen LogP contribution in [0.25, 0.3) is 10.2 Å². The van der Waals surface area contributed by atoms with Crippen LogP contribution in [0.2, 0.25) is 0 Å². The topological polar surface area (TPSA) is 46.9 Å². The predicted octanol–water partition coefficient (Wildman–Crippen LogP) is 2.58. The number of thiazole rings is 1. The number of benzene rings is 2. The minimum absolute atomic E-state index is 0.0115. The average molecular weight is 415 g/mol. The summed E-state index contributed by atoms with van der Waals surface area (Å²) in [6.45, 7) is 5.11. The maximum absolute atomic E-state index is 13.3. The van der Waals surface area contributed by atoms with E-state index in [1.165, 1.54) is 9.80 Å². The van der Waals surface area contributed by atoms with Crippen LogP contribution in [0.5, 0.6) is 0 Å². The molecule has 1 aliphatic rings. The van der Waals surface area contributed by atoms with Crippen LogP contribution in [0, 0.1) is 0 Å². The van der Waals surface area contributed by atoms with Gasteiger partial charge in [0.05, 0.1) is 36.5 Å². The number of anilines is 1. The molecule has 1 N–H and O–H groups in total. The van der Waals surface area contributed by atoms with E-state index in [2.05, 4.69) is 18.4 Å². The van der Waals surface area contributed by atoms with Crippen LogP contribution in [0.3, 0.4) is 0 Å². The molecule has 1 amide bonds. The van der Waals surface area contributed by atoms with Crippen LogP contribution in [-0.4, -0.2) is 56.5 Å². The van der Waals surface area contributed by atoms with Crippen molar-refractivity contribution in [1.82, 2.24) is 4.98 Å². The number of thioether (sulfide) groups is 1. The molecule has 0 radical (unpaired) electrons. The summed E-state index contributed by atoms with van der Waals surface area (Å²) in [4.78, 5) is 22.6. The van der Waals surface area contributed by atoms with Crippen molar-refractivity contribution in [2.24, 2.45) is 0 Å². The van der Waals surface area contributed by atoms with Crippen LogP contribution < -0.4 is 9.80 Å². The Balaban J connectivity index is 1.62. The Morgan fingerprint density at radius 1 is 1.21 bits per heavy atom. The number of fused-ring (bicyclic) bond motifs is 1. The number of quaternary nitrogens is 1. The van der Waals surface area contributed by atoms with Gasteiger partial charge in [0.25, 0.3) is 5.91 Å². The lowest BCUT2D eigenvalue weighted by atomic mass is 10.2. The zero-order valence-corrected chi connectivity index (χ0v) is 17.5. The minimum atomic E-state index is 0.0115. The first-order chi connectivity index (χ1) is 13.7. The highest BCUT2D eigenvalue weighted by atomic mass is 32.2. The predicted molar refractivity (Wildman–Crippen MR) is 116 cm³/mol. The number of hydrogen-bond acceptors (Lipinski definition) is 5. The van der Waals surface area contributed by atoms with Crippen molar-refractivity contribution in [1.29, 1.82) is 0 Å². The normalized spacial score (nSPS) is 15.0. The number of carbonyl (C=O) groups is 1. The first-order valence-electron chi connectivity index (χ1n) is 9.47. The molecule has 5 nitrogen and oxygen atoms in total. The van der Waals surface area contributed by atoms with E-state index >= 15 is 0 Å². The number of carbonyl (C=O) groups excluding carboxylic acids is 1. The second-order valence-electron chi connectivity index (χ2n) is 6.77. The average Bonchev–Trinajstić information content (AvgIpc) is 3.18. The Morgan fingerprint density at radius 2 is 2.00 bits per heavy atom. The van der Waals surface area contributed by atoms with Gasteiger partial charge < -0.3 is 9.64 Å². The van der Waals surface area contributed by atoms with E-state index in [0.29, 0.717) is 12.1 Å². The van der Waals surface area contributed by atoms with Gasteiger partial charge in [-0.25, -0.2) is 4.98 Å². The van der Waals surface area contributed by atoms with E-state index in [1.807, 2.05) is 41.3 Å². The minimum Gasteiger partial charge on any atom is -0.370 e. The number of ether oxygens (including phenoxy) is 1. The Kier molecular flexibility index (Phi) is 6.26. The zero-order valence-electron chi connectivity index (χ0n) is 15.9. The van der Waals surface area contributed by atoms with Gasteiger partial charge in [-0.1, -0.05) is 29.5 Å². The molecule has 2 heterocycles. The third kappa shape index (κ3) is 4.38. The first kappa shape index (κ1) is 19.4. The Bertz CT molecular complexity index is 939. The molecule has 0 spiro atoms. The van der Waals surface area contributed by atoms with Gasteiger partial charge in [0.2, 0.25) is 0 Å². The molecule has 0 unspecified atom stereocenters. The van der Waals surface area contributed by atoms with Crippen molar-refractivity contribution in [2.75, 3.05) is 50.5 Å². The molecule has 2 aromatic carbocycles. The summed E-state index contributed by atoms with van der Waals surface area (Å²) in [7, 11) is 0. The van der Waals surface area contributed by atoms with Crippen LogP contribution in [-0.2, 0) is 4.74 Å². The molecule has 1 saturated heterocycles.